The van der Waals surface area contributed by atoms with Gasteiger partial charge in [0.2, 0.25) is 5.91 Å². The highest BCUT2D eigenvalue weighted by molar-refractivity contribution is 5.80. The Bertz CT molecular complexity index is 616. The molecule has 0 aliphatic carbocycles. The lowest BCUT2D eigenvalue weighted by Crippen LogP contribution is -2.45. The van der Waals surface area contributed by atoms with Crippen LogP contribution in [-0.4, -0.2) is 47.9 Å². The van der Waals surface area contributed by atoms with Crippen molar-refractivity contribution in [2.75, 3.05) is 31.1 Å². The minimum atomic E-state index is -2.63. The van der Waals surface area contributed by atoms with Crippen LogP contribution in [0.5, 0.6) is 0 Å². The van der Waals surface area contributed by atoms with E-state index in [2.05, 4.69) is 4.98 Å². The molecule has 3 heterocycles. The van der Waals surface area contributed by atoms with E-state index in [1.165, 1.54) is 6.20 Å². The van der Waals surface area contributed by atoms with E-state index in [9.17, 15) is 13.6 Å². The first-order valence-corrected chi connectivity index (χ1v) is 7.76. The van der Waals surface area contributed by atoms with Gasteiger partial charge >= 0.3 is 0 Å². The monoisotopic (exact) mass is 320 g/mol. The van der Waals surface area contributed by atoms with E-state index in [1.54, 1.807) is 17.0 Å². The van der Waals surface area contributed by atoms with Crippen LogP contribution in [0.1, 0.15) is 24.8 Å². The molecule has 1 unspecified atom stereocenters. The van der Waals surface area contributed by atoms with E-state index in [1.807, 2.05) is 11.0 Å². The number of hydrogen-bond donors (Lipinski definition) is 0. The van der Waals surface area contributed by atoms with E-state index in [-0.39, 0.29) is 37.8 Å². The Morgan fingerprint density at radius 2 is 2.04 bits per heavy atom. The Balaban J connectivity index is 1.59. The van der Waals surface area contributed by atoms with Crippen LogP contribution >= 0.6 is 0 Å². The summed E-state index contributed by atoms with van der Waals surface area (Å²) in [6.45, 7) is 1.53. The van der Waals surface area contributed by atoms with Crippen LogP contribution in [-0.2, 0) is 4.79 Å². The zero-order chi connectivity index (χ0) is 16.4. The zero-order valence-corrected chi connectivity index (χ0v) is 12.7. The number of pyridine rings is 1. The van der Waals surface area contributed by atoms with Gasteiger partial charge in [-0.15, -0.1) is 0 Å². The van der Waals surface area contributed by atoms with Crippen LogP contribution < -0.4 is 4.90 Å². The quantitative estimate of drug-likeness (QED) is 0.837. The van der Waals surface area contributed by atoms with Gasteiger partial charge in [-0.25, -0.2) is 13.8 Å². The molecule has 2 fully saturated rings. The summed E-state index contributed by atoms with van der Waals surface area (Å²) in [6, 6.07) is 5.49. The van der Waals surface area contributed by atoms with Gasteiger partial charge in [-0.2, -0.15) is 5.26 Å². The molecule has 5 nitrogen and oxygen atoms in total. The van der Waals surface area contributed by atoms with Gasteiger partial charge in [0.15, 0.2) is 0 Å². The molecule has 7 heteroatoms. The number of nitriles is 1. The molecular weight excluding hydrogens is 302 g/mol. The summed E-state index contributed by atoms with van der Waals surface area (Å²) >= 11 is 0. The first kappa shape index (κ1) is 15.7. The highest BCUT2D eigenvalue weighted by atomic mass is 19.3. The molecule has 3 rings (SSSR count). The maximum absolute atomic E-state index is 13.2. The summed E-state index contributed by atoms with van der Waals surface area (Å²) in [5, 5.41) is 8.78. The SMILES string of the molecule is N#Cc1ccc(N2CCC(C(=O)N3CCC(F)(F)CC3)C2)nc1. The molecule has 0 saturated carbocycles. The molecule has 0 radical (unpaired) electrons. The van der Waals surface area contributed by atoms with Gasteiger partial charge in [0.1, 0.15) is 11.9 Å². The van der Waals surface area contributed by atoms with Crippen molar-refractivity contribution < 1.29 is 13.6 Å². The Kier molecular flexibility index (Phi) is 4.16. The van der Waals surface area contributed by atoms with Crippen molar-refractivity contribution in [2.45, 2.75) is 25.2 Å². The fraction of sp³-hybridized carbons (Fsp3) is 0.562. The van der Waals surface area contributed by atoms with Gasteiger partial charge in [-0.05, 0) is 18.6 Å². The van der Waals surface area contributed by atoms with Crippen LogP contribution in [0.25, 0.3) is 0 Å². The number of amides is 1. The molecule has 0 spiro atoms. The third-order valence-corrected chi connectivity index (χ3v) is 4.55. The van der Waals surface area contributed by atoms with Gasteiger partial charge < -0.3 is 9.80 Å². The van der Waals surface area contributed by atoms with Crippen molar-refractivity contribution in [3.8, 4) is 6.07 Å². The van der Waals surface area contributed by atoms with E-state index in [0.717, 1.165) is 5.82 Å². The predicted octanol–water partition coefficient (Wildman–Crippen LogP) is 2.04. The van der Waals surface area contributed by atoms with E-state index in [0.29, 0.717) is 25.1 Å². The van der Waals surface area contributed by atoms with Crippen molar-refractivity contribution in [1.82, 2.24) is 9.88 Å². The van der Waals surface area contributed by atoms with E-state index < -0.39 is 5.92 Å². The second kappa shape index (κ2) is 6.11. The van der Waals surface area contributed by atoms with Crippen LogP contribution in [0, 0.1) is 17.2 Å². The molecule has 122 valence electrons. The lowest BCUT2D eigenvalue weighted by atomic mass is 10.0. The Hall–Kier alpha value is -2.23. The number of anilines is 1. The Morgan fingerprint density at radius 3 is 2.65 bits per heavy atom. The van der Waals surface area contributed by atoms with Crippen LogP contribution in [0.2, 0.25) is 0 Å². The van der Waals surface area contributed by atoms with Crippen LogP contribution in [0.4, 0.5) is 14.6 Å². The number of likely N-dealkylation sites (tertiary alicyclic amines) is 1. The number of aromatic nitrogens is 1. The first-order chi connectivity index (χ1) is 11.0. The predicted molar refractivity (Wildman–Crippen MR) is 80.0 cm³/mol. The molecule has 2 aliphatic rings. The number of nitrogens with zero attached hydrogens (tertiary/aromatic N) is 4. The van der Waals surface area contributed by atoms with Crippen LogP contribution in [0.3, 0.4) is 0 Å². The molecule has 2 saturated heterocycles. The second-order valence-electron chi connectivity index (χ2n) is 6.13. The number of halogens is 2. The summed E-state index contributed by atoms with van der Waals surface area (Å²) in [5.74, 6) is -2.09. The van der Waals surface area contributed by atoms with Crippen LogP contribution in [0.15, 0.2) is 18.3 Å². The number of hydrogen-bond acceptors (Lipinski definition) is 4. The van der Waals surface area contributed by atoms with Gasteiger partial charge in [0.05, 0.1) is 11.5 Å². The summed E-state index contributed by atoms with van der Waals surface area (Å²) < 4.78 is 26.4. The standard InChI is InChI=1S/C16H18F2N4O/c17-16(18)4-7-21(8-5-16)15(23)13-3-6-22(11-13)14-2-1-12(9-19)10-20-14/h1-2,10,13H,3-8,11H2. The first-order valence-electron chi connectivity index (χ1n) is 7.76. The maximum Gasteiger partial charge on any atom is 0.251 e. The summed E-state index contributed by atoms with van der Waals surface area (Å²) in [5.41, 5.74) is 0.495. The molecule has 0 aromatic carbocycles. The topological polar surface area (TPSA) is 60.2 Å². The van der Waals surface area contributed by atoms with Crippen molar-refractivity contribution in [3.63, 3.8) is 0 Å². The molecule has 1 aromatic heterocycles. The van der Waals surface area contributed by atoms with Gasteiger partial charge in [-0.1, -0.05) is 0 Å². The highest BCUT2D eigenvalue weighted by Gasteiger charge is 2.38. The number of rotatable bonds is 2. The fourth-order valence-electron chi connectivity index (χ4n) is 3.12. The van der Waals surface area contributed by atoms with Crippen molar-refractivity contribution in [3.05, 3.63) is 23.9 Å². The number of carbonyl (C=O) groups excluding carboxylic acids is 1. The third kappa shape index (κ3) is 3.41. The average molecular weight is 320 g/mol. The highest BCUT2D eigenvalue weighted by Crippen LogP contribution is 2.30. The molecular formula is C16H18F2N4O. The van der Waals surface area contributed by atoms with Crippen molar-refractivity contribution in [2.24, 2.45) is 5.92 Å². The smallest absolute Gasteiger partial charge is 0.251 e. The lowest BCUT2D eigenvalue weighted by Gasteiger charge is -2.33. The maximum atomic E-state index is 13.2. The molecule has 1 amide bonds. The minimum Gasteiger partial charge on any atom is -0.356 e. The Labute approximate surface area is 133 Å². The normalized spacial score (nSPS) is 23.6. The fourth-order valence-corrected chi connectivity index (χ4v) is 3.12. The van der Waals surface area contributed by atoms with Crippen molar-refractivity contribution >= 4 is 11.7 Å². The number of carbonyl (C=O) groups is 1. The molecule has 0 bridgehead atoms. The summed E-state index contributed by atoms with van der Waals surface area (Å²) in [4.78, 5) is 20.3. The lowest BCUT2D eigenvalue weighted by molar-refractivity contribution is -0.140. The summed E-state index contributed by atoms with van der Waals surface area (Å²) in [6.07, 6.45) is 1.73. The molecule has 1 atom stereocenters. The second-order valence-corrected chi connectivity index (χ2v) is 6.13. The Morgan fingerprint density at radius 1 is 1.30 bits per heavy atom. The van der Waals surface area contributed by atoms with E-state index >= 15 is 0 Å². The van der Waals surface area contributed by atoms with Gasteiger partial charge in [0.25, 0.3) is 5.92 Å². The zero-order valence-electron chi connectivity index (χ0n) is 12.7. The summed E-state index contributed by atoms with van der Waals surface area (Å²) in [7, 11) is 0. The number of alkyl halides is 2. The van der Waals surface area contributed by atoms with Gasteiger partial charge in [0, 0.05) is 45.2 Å². The molecule has 0 N–H and O–H groups in total. The molecule has 1 aromatic rings. The minimum absolute atomic E-state index is 0.0309. The largest absolute Gasteiger partial charge is 0.356 e. The van der Waals surface area contributed by atoms with Gasteiger partial charge in [-0.3, -0.25) is 4.79 Å². The third-order valence-electron chi connectivity index (χ3n) is 4.55. The molecule has 2 aliphatic heterocycles. The van der Waals surface area contributed by atoms with Crippen molar-refractivity contribution in [1.29, 1.82) is 5.26 Å². The molecule has 23 heavy (non-hydrogen) atoms. The average Bonchev–Trinajstić information content (AvgIpc) is 3.04. The van der Waals surface area contributed by atoms with E-state index in [4.69, 9.17) is 5.26 Å². The number of piperidine rings is 1.